The average Bonchev–Trinajstić information content (AvgIpc) is 3.05. The number of aliphatic carboxylic acids is 1. The van der Waals surface area contributed by atoms with Gasteiger partial charge in [0.1, 0.15) is 30.2 Å². The van der Waals surface area contributed by atoms with Crippen molar-refractivity contribution in [1.29, 1.82) is 0 Å². The van der Waals surface area contributed by atoms with Gasteiger partial charge in [-0.3, -0.25) is 0 Å². The topological polar surface area (TPSA) is 66.0 Å². The SMILES string of the molecule is O=C([O-])[C@@H]1CS[C@H](c2ccc(OCc3ccccc3F)cc2)[NH2+]1. The first-order chi connectivity index (χ1) is 11.1. The van der Waals surface area contributed by atoms with Gasteiger partial charge >= 0.3 is 0 Å². The first kappa shape index (κ1) is 15.8. The molecule has 4 nitrogen and oxygen atoms in total. The molecule has 0 saturated carbocycles. The van der Waals surface area contributed by atoms with Gasteiger partial charge in [-0.15, -0.1) is 0 Å². The fourth-order valence-electron chi connectivity index (χ4n) is 2.41. The monoisotopic (exact) mass is 333 g/mol. The molecular formula is C17H16FNO3S. The Labute approximate surface area is 137 Å². The first-order valence-corrected chi connectivity index (χ1v) is 8.32. The lowest BCUT2D eigenvalue weighted by molar-refractivity contribution is -0.690. The standard InChI is InChI=1S/C17H16FNO3S/c18-14-4-2-1-3-12(14)9-22-13-7-5-11(6-8-13)16-19-15(10-23-16)17(20)21/h1-8,15-16,19H,9-10H2,(H,20,21)/t15-,16+/m0/s1. The van der Waals surface area contributed by atoms with Crippen molar-refractivity contribution < 1.29 is 24.3 Å². The van der Waals surface area contributed by atoms with E-state index < -0.39 is 12.0 Å². The number of benzene rings is 2. The van der Waals surface area contributed by atoms with Crippen LogP contribution in [0, 0.1) is 5.82 Å². The third-order valence-electron chi connectivity index (χ3n) is 3.73. The summed E-state index contributed by atoms with van der Waals surface area (Å²) in [5.74, 6) is -0.117. The molecule has 3 rings (SSSR count). The molecular weight excluding hydrogens is 317 g/mol. The summed E-state index contributed by atoms with van der Waals surface area (Å²) in [5.41, 5.74) is 1.53. The second-order valence-corrected chi connectivity index (χ2v) is 6.50. The van der Waals surface area contributed by atoms with Crippen molar-refractivity contribution in [2.24, 2.45) is 0 Å². The third kappa shape index (κ3) is 3.83. The zero-order valence-electron chi connectivity index (χ0n) is 12.3. The first-order valence-electron chi connectivity index (χ1n) is 7.27. The Morgan fingerprint density at radius 2 is 2.00 bits per heavy atom. The van der Waals surface area contributed by atoms with Crippen LogP contribution in [0.3, 0.4) is 0 Å². The van der Waals surface area contributed by atoms with Gasteiger partial charge in [-0.05, 0) is 30.3 Å². The van der Waals surface area contributed by atoms with Crippen molar-refractivity contribution in [1.82, 2.24) is 0 Å². The number of thioether (sulfide) groups is 1. The molecule has 0 aromatic heterocycles. The number of carboxylic acids is 1. The lowest BCUT2D eigenvalue weighted by Crippen LogP contribution is -2.90. The third-order valence-corrected chi connectivity index (χ3v) is 5.07. The number of quaternary nitrogens is 1. The Balaban J connectivity index is 1.59. The molecule has 0 unspecified atom stereocenters. The number of carboxylic acid groups (broad SMARTS) is 1. The fourth-order valence-corrected chi connectivity index (χ4v) is 3.73. The zero-order valence-corrected chi connectivity index (χ0v) is 13.1. The molecule has 1 fully saturated rings. The van der Waals surface area contributed by atoms with Crippen molar-refractivity contribution in [2.45, 2.75) is 18.0 Å². The number of ether oxygens (including phenoxy) is 1. The highest BCUT2D eigenvalue weighted by Gasteiger charge is 2.30. The summed E-state index contributed by atoms with van der Waals surface area (Å²) in [6.45, 7) is 0.170. The Kier molecular flexibility index (Phi) is 4.83. The predicted molar refractivity (Wildman–Crippen MR) is 83.1 cm³/mol. The molecule has 23 heavy (non-hydrogen) atoms. The van der Waals surface area contributed by atoms with E-state index in [1.54, 1.807) is 35.3 Å². The predicted octanol–water partition coefficient (Wildman–Crippen LogP) is 0.832. The Hall–Kier alpha value is -2.05. The largest absolute Gasteiger partial charge is 0.544 e. The molecule has 2 aromatic rings. The summed E-state index contributed by atoms with van der Waals surface area (Å²) in [4.78, 5) is 10.9. The van der Waals surface area contributed by atoms with Crippen LogP contribution in [0.25, 0.3) is 0 Å². The lowest BCUT2D eigenvalue weighted by atomic mass is 10.2. The molecule has 1 aliphatic heterocycles. The van der Waals surface area contributed by atoms with E-state index in [1.165, 1.54) is 6.07 Å². The minimum atomic E-state index is -1.02. The van der Waals surface area contributed by atoms with Gasteiger partial charge in [-0.1, -0.05) is 30.0 Å². The number of hydrogen-bond acceptors (Lipinski definition) is 4. The van der Waals surface area contributed by atoms with Gasteiger partial charge in [0.15, 0.2) is 5.37 Å². The highest BCUT2D eigenvalue weighted by molar-refractivity contribution is 7.99. The maximum absolute atomic E-state index is 13.5. The summed E-state index contributed by atoms with van der Waals surface area (Å²) in [6, 6.07) is 13.5. The molecule has 2 N–H and O–H groups in total. The van der Waals surface area contributed by atoms with E-state index in [9.17, 15) is 14.3 Å². The molecule has 120 valence electrons. The van der Waals surface area contributed by atoms with Crippen LogP contribution in [0.2, 0.25) is 0 Å². The molecule has 2 aromatic carbocycles. The molecule has 0 bridgehead atoms. The van der Waals surface area contributed by atoms with Crippen LogP contribution in [-0.2, 0) is 11.4 Å². The number of carbonyl (C=O) groups excluding carboxylic acids is 1. The summed E-state index contributed by atoms with van der Waals surface area (Å²) in [7, 11) is 0. The van der Waals surface area contributed by atoms with Gasteiger partial charge in [-0.25, -0.2) is 4.39 Å². The number of carbonyl (C=O) groups is 1. The number of rotatable bonds is 5. The quantitative estimate of drug-likeness (QED) is 0.880. The van der Waals surface area contributed by atoms with Gasteiger partial charge in [-0.2, -0.15) is 0 Å². The molecule has 0 radical (unpaired) electrons. The van der Waals surface area contributed by atoms with Crippen LogP contribution in [-0.4, -0.2) is 17.8 Å². The Bertz CT molecular complexity index is 692. The van der Waals surface area contributed by atoms with Gasteiger partial charge in [0.05, 0.1) is 5.75 Å². The van der Waals surface area contributed by atoms with Crippen molar-refractivity contribution in [3.05, 3.63) is 65.5 Å². The normalized spacial score (nSPS) is 20.4. The molecule has 1 saturated heterocycles. The smallest absolute Gasteiger partial charge is 0.159 e. The fraction of sp³-hybridized carbons (Fsp3) is 0.235. The molecule has 6 heteroatoms. The molecule has 1 aliphatic rings. The summed E-state index contributed by atoms with van der Waals surface area (Å²) in [6.07, 6.45) is 0. The van der Waals surface area contributed by atoms with E-state index in [2.05, 4.69) is 0 Å². The van der Waals surface area contributed by atoms with Crippen LogP contribution in [0.15, 0.2) is 48.5 Å². The average molecular weight is 333 g/mol. The highest BCUT2D eigenvalue weighted by Crippen LogP contribution is 2.28. The van der Waals surface area contributed by atoms with E-state index in [1.807, 2.05) is 24.3 Å². The summed E-state index contributed by atoms with van der Waals surface area (Å²) in [5, 5.41) is 12.7. The van der Waals surface area contributed by atoms with E-state index in [4.69, 9.17) is 4.74 Å². The Morgan fingerprint density at radius 3 is 2.65 bits per heavy atom. The van der Waals surface area contributed by atoms with E-state index in [-0.39, 0.29) is 17.8 Å². The van der Waals surface area contributed by atoms with Gasteiger partial charge in [0, 0.05) is 11.1 Å². The van der Waals surface area contributed by atoms with Crippen LogP contribution < -0.4 is 15.2 Å². The lowest BCUT2D eigenvalue weighted by Gasteiger charge is -2.12. The van der Waals surface area contributed by atoms with Gasteiger partial charge < -0.3 is 20.0 Å². The number of hydrogen-bond donors (Lipinski definition) is 1. The van der Waals surface area contributed by atoms with Gasteiger partial charge in [0.25, 0.3) is 0 Å². The molecule has 0 spiro atoms. The second kappa shape index (κ2) is 7.02. The van der Waals surface area contributed by atoms with Crippen molar-refractivity contribution in [2.75, 3.05) is 5.75 Å². The van der Waals surface area contributed by atoms with Crippen LogP contribution in [0.4, 0.5) is 4.39 Å². The van der Waals surface area contributed by atoms with Crippen molar-refractivity contribution in [3.63, 3.8) is 0 Å². The zero-order chi connectivity index (χ0) is 16.2. The van der Waals surface area contributed by atoms with E-state index in [0.29, 0.717) is 17.1 Å². The highest BCUT2D eigenvalue weighted by atomic mass is 32.2. The van der Waals surface area contributed by atoms with Crippen LogP contribution in [0.5, 0.6) is 5.75 Å². The van der Waals surface area contributed by atoms with E-state index in [0.717, 1.165) is 5.56 Å². The van der Waals surface area contributed by atoms with Crippen LogP contribution in [0.1, 0.15) is 16.5 Å². The molecule has 0 amide bonds. The number of halogens is 1. The maximum Gasteiger partial charge on any atom is 0.159 e. The minimum Gasteiger partial charge on any atom is -0.544 e. The summed E-state index contributed by atoms with van der Waals surface area (Å²) < 4.78 is 19.1. The summed E-state index contributed by atoms with van der Waals surface area (Å²) >= 11 is 1.58. The number of nitrogens with two attached hydrogens (primary N) is 1. The van der Waals surface area contributed by atoms with Crippen molar-refractivity contribution in [3.8, 4) is 5.75 Å². The van der Waals surface area contributed by atoms with Crippen molar-refractivity contribution >= 4 is 17.7 Å². The van der Waals surface area contributed by atoms with Crippen LogP contribution >= 0.6 is 11.8 Å². The Morgan fingerprint density at radius 1 is 1.26 bits per heavy atom. The van der Waals surface area contributed by atoms with E-state index >= 15 is 0 Å². The second-order valence-electron chi connectivity index (χ2n) is 5.32. The maximum atomic E-state index is 13.5. The molecule has 0 aliphatic carbocycles. The van der Waals surface area contributed by atoms with Gasteiger partial charge in [0.2, 0.25) is 0 Å². The molecule has 1 heterocycles. The minimum absolute atomic E-state index is 0.0542. The molecule has 2 atom stereocenters.